The van der Waals surface area contributed by atoms with Crippen LogP contribution >= 0.6 is 0 Å². The second kappa shape index (κ2) is 27.3. The normalized spacial score (nSPS) is 10.3. The summed E-state index contributed by atoms with van der Waals surface area (Å²) in [6, 6.07) is 6.19. The Morgan fingerprint density at radius 1 is 0.938 bits per heavy atom. The topological polar surface area (TPSA) is 65.0 Å². The van der Waals surface area contributed by atoms with Crippen molar-refractivity contribution < 1.29 is 24.1 Å². The minimum absolute atomic E-state index is 0.162. The minimum Gasteiger partial charge on any atom is -0.493 e. The van der Waals surface area contributed by atoms with E-state index in [1.54, 1.807) is 14.0 Å². The number of ether oxygens (including phenoxy) is 3. The zero-order valence-corrected chi connectivity index (χ0v) is 22.5. The number of carboxylic acids is 1. The van der Waals surface area contributed by atoms with Crippen molar-refractivity contribution in [1.29, 1.82) is 0 Å². The van der Waals surface area contributed by atoms with Gasteiger partial charge in [0.1, 0.15) is 0 Å². The van der Waals surface area contributed by atoms with Gasteiger partial charge in [0.05, 0.1) is 19.6 Å². The second-order valence-electron chi connectivity index (χ2n) is 6.87. The van der Waals surface area contributed by atoms with Gasteiger partial charge in [0.25, 0.3) is 0 Å². The van der Waals surface area contributed by atoms with Crippen LogP contribution in [0.2, 0.25) is 0 Å². The van der Waals surface area contributed by atoms with Crippen LogP contribution in [0, 0.1) is 5.92 Å². The van der Waals surface area contributed by atoms with E-state index in [9.17, 15) is 4.79 Å². The fraction of sp³-hybridized carbons (Fsp3) is 0.741. The molecule has 0 heterocycles. The number of methoxy groups -OCH3 is 1. The number of carbonyl (C=O) groups is 1. The Morgan fingerprint density at radius 3 is 2.06 bits per heavy atom. The van der Waals surface area contributed by atoms with E-state index in [1.807, 2.05) is 40.7 Å². The molecular weight excluding hydrogens is 404 g/mol. The number of aliphatic carboxylic acids is 1. The summed E-state index contributed by atoms with van der Waals surface area (Å²) in [4.78, 5) is 10.2. The van der Waals surface area contributed by atoms with Gasteiger partial charge in [-0.25, -0.2) is 0 Å². The summed E-state index contributed by atoms with van der Waals surface area (Å²) >= 11 is 0. The summed E-state index contributed by atoms with van der Waals surface area (Å²) in [5.74, 6) is 0.803. The van der Waals surface area contributed by atoms with Crippen molar-refractivity contribution in [3.8, 4) is 11.5 Å². The Balaban J connectivity index is -0.000000544. The predicted molar refractivity (Wildman–Crippen MR) is 137 cm³/mol. The molecule has 5 heteroatoms. The average molecular weight is 457 g/mol. The predicted octanol–water partition coefficient (Wildman–Crippen LogP) is 7.79. The first-order chi connectivity index (χ1) is 15.5. The van der Waals surface area contributed by atoms with Crippen LogP contribution in [-0.4, -0.2) is 38.0 Å². The molecule has 0 fully saturated rings. The summed E-state index contributed by atoms with van der Waals surface area (Å²) in [6.45, 7) is 18.2. The van der Waals surface area contributed by atoms with E-state index in [-0.39, 0.29) is 5.92 Å². The van der Waals surface area contributed by atoms with Gasteiger partial charge in [-0.2, -0.15) is 0 Å². The van der Waals surface area contributed by atoms with Crippen molar-refractivity contribution in [2.75, 3.05) is 26.9 Å². The smallest absolute Gasteiger partial charge is 0.306 e. The van der Waals surface area contributed by atoms with Crippen LogP contribution in [-0.2, 0) is 16.0 Å². The molecule has 1 aromatic carbocycles. The van der Waals surface area contributed by atoms with Crippen LogP contribution in [0.1, 0.15) is 99.5 Å². The second-order valence-corrected chi connectivity index (χ2v) is 6.87. The van der Waals surface area contributed by atoms with E-state index >= 15 is 0 Å². The summed E-state index contributed by atoms with van der Waals surface area (Å²) in [5.41, 5.74) is 1.31. The molecule has 1 atom stereocenters. The average Bonchev–Trinajstić information content (AvgIpc) is 2.84. The first kappa shape index (κ1) is 34.9. The standard InChI is InChI=1S/C16H26O3.C7H14O2.2C2H6/c1-4-6-8-14-9-10-15(17-3)16(13-14)19-12-7-11-18-5-2;1-3-4-5-6(2)7(8)9;2*1-2/h9-10,13H,4-8,11-12H2,1-3H3;6H,3-5H2,1-2H3,(H,8,9);2*1-2H3. The van der Waals surface area contributed by atoms with Crippen molar-refractivity contribution in [3.05, 3.63) is 23.8 Å². The fourth-order valence-electron chi connectivity index (χ4n) is 2.49. The van der Waals surface area contributed by atoms with E-state index in [1.165, 1.54) is 18.4 Å². The van der Waals surface area contributed by atoms with E-state index < -0.39 is 5.97 Å². The summed E-state index contributed by atoms with van der Waals surface area (Å²) in [7, 11) is 1.67. The molecule has 1 aromatic rings. The van der Waals surface area contributed by atoms with Gasteiger partial charge in [-0.3, -0.25) is 4.79 Å². The first-order valence-electron chi connectivity index (χ1n) is 12.6. The van der Waals surface area contributed by atoms with Gasteiger partial charge in [0, 0.05) is 19.6 Å². The maximum Gasteiger partial charge on any atom is 0.306 e. The van der Waals surface area contributed by atoms with Crippen molar-refractivity contribution >= 4 is 5.97 Å². The van der Waals surface area contributed by atoms with Crippen molar-refractivity contribution in [1.82, 2.24) is 0 Å². The Hall–Kier alpha value is -1.75. The number of benzene rings is 1. The maximum atomic E-state index is 10.2. The van der Waals surface area contributed by atoms with Crippen molar-refractivity contribution in [2.24, 2.45) is 5.92 Å². The highest BCUT2D eigenvalue weighted by atomic mass is 16.5. The molecule has 0 bridgehead atoms. The SMILES string of the molecule is CC.CC.CCCCC(C)C(=O)O.CCCCc1ccc(OC)c(OCCCOCC)c1. The van der Waals surface area contributed by atoms with E-state index in [0.717, 1.165) is 56.8 Å². The van der Waals surface area contributed by atoms with Gasteiger partial charge < -0.3 is 19.3 Å². The molecule has 0 aromatic heterocycles. The Labute approximate surface area is 198 Å². The molecule has 1 rings (SSSR count). The Kier molecular flexibility index (Phi) is 29.7. The molecule has 0 saturated carbocycles. The minimum atomic E-state index is -0.677. The van der Waals surface area contributed by atoms with Gasteiger partial charge >= 0.3 is 5.97 Å². The molecular formula is C27H52O5. The number of aryl methyl sites for hydroxylation is 1. The molecule has 190 valence electrons. The van der Waals surface area contributed by atoms with E-state index in [2.05, 4.69) is 26.0 Å². The van der Waals surface area contributed by atoms with Gasteiger partial charge in [0.2, 0.25) is 0 Å². The molecule has 1 unspecified atom stereocenters. The largest absolute Gasteiger partial charge is 0.493 e. The van der Waals surface area contributed by atoms with Crippen LogP contribution in [0.3, 0.4) is 0 Å². The molecule has 0 amide bonds. The maximum absolute atomic E-state index is 10.2. The lowest BCUT2D eigenvalue weighted by Gasteiger charge is -2.12. The van der Waals surface area contributed by atoms with Crippen LogP contribution in [0.4, 0.5) is 0 Å². The molecule has 0 aliphatic rings. The summed E-state index contributed by atoms with van der Waals surface area (Å²) in [6.07, 6.45) is 7.32. The van der Waals surface area contributed by atoms with Gasteiger partial charge in [-0.1, -0.05) is 73.8 Å². The van der Waals surface area contributed by atoms with Crippen LogP contribution in [0.15, 0.2) is 18.2 Å². The molecule has 0 aliphatic carbocycles. The Morgan fingerprint density at radius 2 is 1.56 bits per heavy atom. The lowest BCUT2D eigenvalue weighted by Crippen LogP contribution is -2.08. The molecule has 32 heavy (non-hydrogen) atoms. The zero-order valence-electron chi connectivity index (χ0n) is 22.5. The van der Waals surface area contributed by atoms with E-state index in [4.69, 9.17) is 19.3 Å². The van der Waals surface area contributed by atoms with Crippen LogP contribution in [0.25, 0.3) is 0 Å². The quantitative estimate of drug-likeness (QED) is 0.289. The van der Waals surface area contributed by atoms with Gasteiger partial charge in [0.15, 0.2) is 11.5 Å². The zero-order chi connectivity index (χ0) is 25.2. The number of hydrogen-bond acceptors (Lipinski definition) is 4. The number of rotatable bonds is 14. The molecule has 0 saturated heterocycles. The monoisotopic (exact) mass is 456 g/mol. The molecule has 0 aliphatic heterocycles. The lowest BCUT2D eigenvalue weighted by molar-refractivity contribution is -0.141. The highest BCUT2D eigenvalue weighted by molar-refractivity contribution is 5.69. The number of carboxylic acid groups (broad SMARTS) is 1. The number of unbranched alkanes of at least 4 members (excludes halogenated alkanes) is 2. The third-order valence-corrected chi connectivity index (χ3v) is 4.35. The third kappa shape index (κ3) is 20.2. The van der Waals surface area contributed by atoms with Crippen LogP contribution < -0.4 is 9.47 Å². The molecule has 0 spiro atoms. The summed E-state index contributed by atoms with van der Waals surface area (Å²) < 4.78 is 16.4. The molecule has 1 N–H and O–H groups in total. The van der Waals surface area contributed by atoms with Crippen molar-refractivity contribution in [3.63, 3.8) is 0 Å². The lowest BCUT2D eigenvalue weighted by atomic mass is 10.1. The van der Waals surface area contributed by atoms with Gasteiger partial charge in [-0.05, 0) is 43.9 Å². The van der Waals surface area contributed by atoms with Crippen LogP contribution in [0.5, 0.6) is 11.5 Å². The third-order valence-electron chi connectivity index (χ3n) is 4.35. The molecule has 5 nitrogen and oxygen atoms in total. The van der Waals surface area contributed by atoms with Crippen molar-refractivity contribution in [2.45, 2.75) is 100 Å². The molecule has 0 radical (unpaired) electrons. The highest BCUT2D eigenvalue weighted by Crippen LogP contribution is 2.28. The summed E-state index contributed by atoms with van der Waals surface area (Å²) in [5, 5.41) is 8.41. The Bertz CT molecular complexity index is 517. The first-order valence-corrected chi connectivity index (χ1v) is 12.6. The van der Waals surface area contributed by atoms with E-state index in [0.29, 0.717) is 6.61 Å². The van der Waals surface area contributed by atoms with Gasteiger partial charge in [-0.15, -0.1) is 0 Å². The highest BCUT2D eigenvalue weighted by Gasteiger charge is 2.08. The fourth-order valence-corrected chi connectivity index (χ4v) is 2.49. The number of hydrogen-bond donors (Lipinski definition) is 1.